The van der Waals surface area contributed by atoms with Crippen molar-refractivity contribution in [3.05, 3.63) is 32.0 Å². The van der Waals surface area contributed by atoms with Crippen LogP contribution in [0.25, 0.3) is 0 Å². The van der Waals surface area contributed by atoms with Gasteiger partial charge in [-0.3, -0.25) is 9.36 Å². The molecule has 2 aromatic heterocycles. The van der Waals surface area contributed by atoms with Crippen molar-refractivity contribution < 1.29 is 4.42 Å². The number of aromatic nitrogens is 3. The molecule has 0 atom stereocenters. The van der Waals surface area contributed by atoms with E-state index in [1.165, 1.54) is 28.3 Å². The SMILES string of the molecule is CC(C)(C)c1nnc(Cn2c3c(sc2=O)CCCC3)o1. The maximum atomic E-state index is 12.1. The summed E-state index contributed by atoms with van der Waals surface area (Å²) in [7, 11) is 0. The van der Waals surface area contributed by atoms with E-state index in [1.54, 1.807) is 4.57 Å². The minimum atomic E-state index is -0.162. The summed E-state index contributed by atoms with van der Waals surface area (Å²) in [5, 5.41) is 8.16. The van der Waals surface area contributed by atoms with Crippen molar-refractivity contribution in [1.29, 1.82) is 0 Å². The van der Waals surface area contributed by atoms with Gasteiger partial charge in [0.25, 0.3) is 0 Å². The monoisotopic (exact) mass is 293 g/mol. The van der Waals surface area contributed by atoms with Gasteiger partial charge in [0, 0.05) is 16.0 Å². The number of aryl methyl sites for hydroxylation is 1. The highest BCUT2D eigenvalue weighted by Crippen LogP contribution is 2.25. The van der Waals surface area contributed by atoms with Crippen LogP contribution in [-0.4, -0.2) is 14.8 Å². The van der Waals surface area contributed by atoms with Gasteiger partial charge in [-0.15, -0.1) is 10.2 Å². The highest BCUT2D eigenvalue weighted by molar-refractivity contribution is 7.09. The molecule has 0 spiro atoms. The number of nitrogens with zero attached hydrogens (tertiary/aromatic N) is 3. The molecule has 6 heteroatoms. The molecule has 0 fully saturated rings. The summed E-state index contributed by atoms with van der Waals surface area (Å²) in [6.07, 6.45) is 4.34. The van der Waals surface area contributed by atoms with E-state index < -0.39 is 0 Å². The van der Waals surface area contributed by atoms with E-state index >= 15 is 0 Å². The van der Waals surface area contributed by atoms with Crippen molar-refractivity contribution >= 4 is 11.3 Å². The predicted molar refractivity (Wildman–Crippen MR) is 77.3 cm³/mol. The van der Waals surface area contributed by atoms with Crippen molar-refractivity contribution in [1.82, 2.24) is 14.8 Å². The summed E-state index contributed by atoms with van der Waals surface area (Å²) in [5.74, 6) is 1.13. The Hall–Kier alpha value is -1.43. The quantitative estimate of drug-likeness (QED) is 0.853. The van der Waals surface area contributed by atoms with Crippen LogP contribution in [0.4, 0.5) is 0 Å². The summed E-state index contributed by atoms with van der Waals surface area (Å²) in [6, 6.07) is 0. The van der Waals surface area contributed by atoms with Gasteiger partial charge in [0.05, 0.1) is 0 Å². The van der Waals surface area contributed by atoms with Crippen LogP contribution in [0.3, 0.4) is 0 Å². The van der Waals surface area contributed by atoms with E-state index in [0.717, 1.165) is 19.3 Å². The van der Waals surface area contributed by atoms with Crippen LogP contribution in [-0.2, 0) is 24.8 Å². The lowest BCUT2D eigenvalue weighted by molar-refractivity contribution is 0.365. The zero-order valence-corrected chi connectivity index (χ0v) is 12.9. The van der Waals surface area contributed by atoms with Crippen molar-refractivity contribution in [3.8, 4) is 0 Å². The molecule has 0 saturated heterocycles. The van der Waals surface area contributed by atoms with Crippen LogP contribution in [0.5, 0.6) is 0 Å². The second-order valence-corrected chi connectivity index (χ2v) is 7.33. The Morgan fingerprint density at radius 1 is 1.25 bits per heavy atom. The van der Waals surface area contributed by atoms with Crippen LogP contribution in [0.1, 0.15) is 56.0 Å². The van der Waals surface area contributed by atoms with Crippen LogP contribution in [0.2, 0.25) is 0 Å². The summed E-state index contributed by atoms with van der Waals surface area (Å²) in [6.45, 7) is 6.49. The Balaban J connectivity index is 1.90. The van der Waals surface area contributed by atoms with E-state index in [-0.39, 0.29) is 10.3 Å². The lowest BCUT2D eigenvalue weighted by atomic mass is 9.97. The smallest absolute Gasteiger partial charge is 0.308 e. The number of hydrogen-bond acceptors (Lipinski definition) is 5. The predicted octanol–water partition coefficient (Wildman–Crippen LogP) is 2.52. The average Bonchev–Trinajstić information content (AvgIpc) is 2.95. The molecule has 0 aromatic carbocycles. The van der Waals surface area contributed by atoms with Gasteiger partial charge in [0.2, 0.25) is 11.8 Å². The van der Waals surface area contributed by atoms with Crippen molar-refractivity contribution in [3.63, 3.8) is 0 Å². The minimum absolute atomic E-state index is 0.0902. The third-order valence-electron chi connectivity index (χ3n) is 3.55. The fourth-order valence-corrected chi connectivity index (χ4v) is 3.52. The first-order chi connectivity index (χ1) is 9.45. The first kappa shape index (κ1) is 13.5. The lowest BCUT2D eigenvalue weighted by Crippen LogP contribution is -2.18. The number of thiazole rings is 1. The Labute approximate surface area is 121 Å². The van der Waals surface area contributed by atoms with Crippen molar-refractivity contribution in [2.24, 2.45) is 0 Å². The van der Waals surface area contributed by atoms with E-state index in [1.807, 2.05) is 20.8 Å². The van der Waals surface area contributed by atoms with Crippen LogP contribution in [0, 0.1) is 0 Å². The highest BCUT2D eigenvalue weighted by Gasteiger charge is 2.23. The largest absolute Gasteiger partial charge is 0.423 e. The molecule has 0 bridgehead atoms. The van der Waals surface area contributed by atoms with Gasteiger partial charge in [0.1, 0.15) is 6.54 Å². The average molecular weight is 293 g/mol. The topological polar surface area (TPSA) is 60.9 Å². The standard InChI is InChI=1S/C14H19N3O2S/c1-14(2,3)12-16-15-11(19-12)8-17-9-6-4-5-7-10(9)20-13(17)18/h4-8H2,1-3H3. The van der Waals surface area contributed by atoms with Crippen LogP contribution >= 0.6 is 11.3 Å². The fraction of sp³-hybridized carbons (Fsp3) is 0.643. The second kappa shape index (κ2) is 4.84. The molecular formula is C14H19N3O2S. The molecule has 1 aliphatic carbocycles. The minimum Gasteiger partial charge on any atom is -0.423 e. The molecule has 0 radical (unpaired) electrons. The maximum Gasteiger partial charge on any atom is 0.308 e. The first-order valence-electron chi connectivity index (χ1n) is 6.99. The molecule has 2 heterocycles. The van der Waals surface area contributed by atoms with Gasteiger partial charge >= 0.3 is 4.87 Å². The van der Waals surface area contributed by atoms with Gasteiger partial charge in [-0.05, 0) is 25.7 Å². The molecule has 0 saturated carbocycles. The Bertz CT molecular complexity index is 675. The molecule has 0 aliphatic heterocycles. The Morgan fingerprint density at radius 2 is 2.00 bits per heavy atom. The molecule has 1 aliphatic rings. The normalized spacial score (nSPS) is 15.3. The van der Waals surface area contributed by atoms with E-state index in [0.29, 0.717) is 18.3 Å². The fourth-order valence-electron chi connectivity index (χ4n) is 2.44. The van der Waals surface area contributed by atoms with Gasteiger partial charge in [-0.25, -0.2) is 0 Å². The molecule has 0 N–H and O–H groups in total. The van der Waals surface area contributed by atoms with Crippen molar-refractivity contribution in [2.45, 2.75) is 58.4 Å². The van der Waals surface area contributed by atoms with E-state index in [9.17, 15) is 4.79 Å². The Morgan fingerprint density at radius 3 is 2.70 bits per heavy atom. The van der Waals surface area contributed by atoms with Gasteiger partial charge in [0.15, 0.2) is 0 Å². The maximum absolute atomic E-state index is 12.1. The first-order valence-corrected chi connectivity index (χ1v) is 7.81. The highest BCUT2D eigenvalue weighted by atomic mass is 32.1. The zero-order chi connectivity index (χ0) is 14.3. The summed E-state index contributed by atoms with van der Waals surface area (Å²) < 4.78 is 7.49. The lowest BCUT2D eigenvalue weighted by Gasteiger charge is -2.13. The Kier molecular flexibility index (Phi) is 3.28. The third-order valence-corrected chi connectivity index (χ3v) is 4.63. The summed E-state index contributed by atoms with van der Waals surface area (Å²) in [5.41, 5.74) is 1.01. The van der Waals surface area contributed by atoms with Crippen LogP contribution < -0.4 is 4.87 Å². The summed E-state index contributed by atoms with van der Waals surface area (Å²) >= 11 is 1.37. The molecular weight excluding hydrogens is 274 g/mol. The molecule has 5 nitrogen and oxygen atoms in total. The number of fused-ring (bicyclic) bond motifs is 1. The number of rotatable bonds is 2. The van der Waals surface area contributed by atoms with Gasteiger partial charge in [-0.2, -0.15) is 0 Å². The molecule has 2 aromatic rings. The molecule has 3 rings (SSSR count). The van der Waals surface area contributed by atoms with E-state index in [4.69, 9.17) is 4.42 Å². The van der Waals surface area contributed by atoms with Gasteiger partial charge < -0.3 is 4.42 Å². The molecule has 0 amide bonds. The molecule has 20 heavy (non-hydrogen) atoms. The second-order valence-electron chi connectivity index (χ2n) is 6.28. The third kappa shape index (κ3) is 2.44. The van der Waals surface area contributed by atoms with Crippen molar-refractivity contribution in [2.75, 3.05) is 0 Å². The van der Waals surface area contributed by atoms with E-state index in [2.05, 4.69) is 10.2 Å². The molecule has 0 unspecified atom stereocenters. The zero-order valence-electron chi connectivity index (χ0n) is 12.1. The molecule has 108 valence electrons. The van der Waals surface area contributed by atoms with Crippen LogP contribution in [0.15, 0.2) is 9.21 Å². The number of hydrogen-bond donors (Lipinski definition) is 0. The van der Waals surface area contributed by atoms with Gasteiger partial charge in [-0.1, -0.05) is 32.1 Å². The summed E-state index contributed by atoms with van der Waals surface area (Å²) in [4.78, 5) is 13.4.